The number of aromatic nitrogens is 4. The van der Waals surface area contributed by atoms with Crippen LogP contribution in [0.5, 0.6) is 0 Å². The van der Waals surface area contributed by atoms with E-state index in [9.17, 15) is 9.59 Å². The third-order valence-corrected chi connectivity index (χ3v) is 4.10. The Hall–Kier alpha value is -4.27. The van der Waals surface area contributed by atoms with Crippen molar-refractivity contribution >= 4 is 11.8 Å². The summed E-state index contributed by atoms with van der Waals surface area (Å²) in [5, 5.41) is 12.5. The highest BCUT2D eigenvalue weighted by molar-refractivity contribution is 5.98. The largest absolute Gasteiger partial charge is 0.472 e. The lowest BCUT2D eigenvalue weighted by Gasteiger charge is -2.07. The third kappa shape index (κ3) is 4.35. The highest BCUT2D eigenvalue weighted by Crippen LogP contribution is 2.12. The van der Waals surface area contributed by atoms with Gasteiger partial charge in [-0.3, -0.25) is 20.4 Å². The number of benzene rings is 2. The van der Waals surface area contributed by atoms with Crippen LogP contribution in [0.15, 0.2) is 77.6 Å². The minimum Gasteiger partial charge on any atom is -0.472 e. The number of nitrogens with zero attached hydrogens (tertiary/aromatic N) is 4. The molecule has 9 nitrogen and oxygen atoms in total. The van der Waals surface area contributed by atoms with Gasteiger partial charge in [-0.25, -0.2) is 0 Å². The smallest absolute Gasteiger partial charge is 0.272 e. The van der Waals surface area contributed by atoms with Gasteiger partial charge in [0.25, 0.3) is 11.8 Å². The number of carbonyl (C=O) groups is 2. The molecule has 2 aromatic carbocycles. The summed E-state index contributed by atoms with van der Waals surface area (Å²) in [6, 6.07) is 18.0. The van der Waals surface area contributed by atoms with E-state index < -0.39 is 11.8 Å². The Balaban J connectivity index is 1.35. The molecule has 4 rings (SSSR count). The van der Waals surface area contributed by atoms with Gasteiger partial charge in [0.1, 0.15) is 6.26 Å². The summed E-state index contributed by atoms with van der Waals surface area (Å²) in [4.78, 5) is 25.4. The fourth-order valence-corrected chi connectivity index (χ4v) is 2.59. The Kier molecular flexibility index (Phi) is 5.10. The van der Waals surface area contributed by atoms with Gasteiger partial charge >= 0.3 is 0 Å². The van der Waals surface area contributed by atoms with Crippen molar-refractivity contribution in [3.8, 4) is 11.4 Å². The molecule has 2 heterocycles. The van der Waals surface area contributed by atoms with Crippen molar-refractivity contribution in [2.45, 2.75) is 6.54 Å². The van der Waals surface area contributed by atoms with E-state index in [-0.39, 0.29) is 0 Å². The van der Waals surface area contributed by atoms with Gasteiger partial charge < -0.3 is 4.42 Å². The van der Waals surface area contributed by atoms with Crippen molar-refractivity contribution in [1.29, 1.82) is 0 Å². The predicted octanol–water partition coefficient (Wildman–Crippen LogP) is 2.06. The Labute approximate surface area is 165 Å². The Morgan fingerprint density at radius 1 is 0.897 bits per heavy atom. The fraction of sp³-hybridized carbons (Fsp3) is 0.0500. The molecule has 0 unspecified atom stereocenters. The molecule has 0 aliphatic heterocycles. The van der Waals surface area contributed by atoms with E-state index in [1.54, 1.807) is 24.3 Å². The molecule has 0 atom stereocenters. The summed E-state index contributed by atoms with van der Waals surface area (Å²) in [6.45, 7) is 0.416. The van der Waals surface area contributed by atoms with E-state index in [2.05, 4.69) is 26.3 Å². The van der Waals surface area contributed by atoms with Crippen LogP contribution in [0.2, 0.25) is 0 Å². The first-order valence-corrected chi connectivity index (χ1v) is 8.74. The molecule has 144 valence electrons. The minimum absolute atomic E-state index is 0.316. The standard InChI is InChI=1S/C20H16N6O3/c27-19(22-23-20(28)17-10-11-29-13-17)16-8-6-14(7-9-16)12-26-24-18(21-25-26)15-4-2-1-3-5-15/h1-11,13H,12H2,(H,22,27)(H,23,28). The van der Waals surface area contributed by atoms with Crippen molar-refractivity contribution in [3.05, 3.63) is 89.9 Å². The summed E-state index contributed by atoms with van der Waals surface area (Å²) in [5.41, 5.74) is 7.19. The maximum absolute atomic E-state index is 12.2. The van der Waals surface area contributed by atoms with Crippen LogP contribution in [0.4, 0.5) is 0 Å². The second kappa shape index (κ2) is 8.17. The normalized spacial score (nSPS) is 10.5. The van der Waals surface area contributed by atoms with Gasteiger partial charge in [-0.15, -0.1) is 10.2 Å². The molecule has 2 N–H and O–H groups in total. The molecule has 0 saturated carbocycles. The highest BCUT2D eigenvalue weighted by atomic mass is 16.3. The summed E-state index contributed by atoms with van der Waals surface area (Å²) in [5.74, 6) is -0.344. The van der Waals surface area contributed by atoms with Gasteiger partial charge in [0.15, 0.2) is 0 Å². The SMILES string of the molecule is O=C(NNC(=O)c1ccoc1)c1ccc(Cn2nnc(-c3ccccc3)n2)cc1. The lowest BCUT2D eigenvalue weighted by molar-refractivity contribution is 0.0846. The van der Waals surface area contributed by atoms with Crippen LogP contribution in [0.25, 0.3) is 11.4 Å². The average Bonchev–Trinajstić information content (AvgIpc) is 3.45. The van der Waals surface area contributed by atoms with Crippen molar-refractivity contribution < 1.29 is 14.0 Å². The number of hydrogen-bond acceptors (Lipinski definition) is 6. The molecule has 0 bridgehead atoms. The molecule has 0 spiro atoms. The summed E-state index contributed by atoms with van der Waals surface area (Å²) in [7, 11) is 0. The first kappa shape index (κ1) is 18.1. The fourth-order valence-electron chi connectivity index (χ4n) is 2.59. The van der Waals surface area contributed by atoms with Gasteiger partial charge in [0.05, 0.1) is 18.4 Å². The van der Waals surface area contributed by atoms with Crippen molar-refractivity contribution in [2.24, 2.45) is 0 Å². The van der Waals surface area contributed by atoms with Crippen molar-refractivity contribution in [2.75, 3.05) is 0 Å². The quantitative estimate of drug-likeness (QED) is 0.506. The maximum Gasteiger partial charge on any atom is 0.272 e. The zero-order valence-corrected chi connectivity index (χ0v) is 15.1. The van der Waals surface area contributed by atoms with Crippen molar-refractivity contribution in [1.82, 2.24) is 31.1 Å². The summed E-state index contributed by atoms with van der Waals surface area (Å²) < 4.78 is 4.83. The predicted molar refractivity (Wildman–Crippen MR) is 102 cm³/mol. The maximum atomic E-state index is 12.2. The van der Waals surface area contributed by atoms with Crippen LogP contribution in [0, 0.1) is 0 Å². The average molecular weight is 388 g/mol. The van der Waals surface area contributed by atoms with Crippen LogP contribution in [0.1, 0.15) is 26.3 Å². The first-order valence-electron chi connectivity index (χ1n) is 8.74. The molecular formula is C20H16N6O3. The van der Waals surface area contributed by atoms with E-state index in [0.29, 0.717) is 23.5 Å². The van der Waals surface area contributed by atoms with Crippen LogP contribution < -0.4 is 10.9 Å². The Morgan fingerprint density at radius 3 is 2.31 bits per heavy atom. The molecule has 0 saturated heterocycles. The second-order valence-electron chi connectivity index (χ2n) is 6.13. The number of amides is 2. The number of carbonyl (C=O) groups excluding carboxylic acids is 2. The minimum atomic E-state index is -0.463. The van der Waals surface area contributed by atoms with E-state index in [1.807, 2.05) is 30.3 Å². The Bertz CT molecular complexity index is 1100. The van der Waals surface area contributed by atoms with Crippen LogP contribution in [0.3, 0.4) is 0 Å². The monoisotopic (exact) mass is 388 g/mol. The van der Waals surface area contributed by atoms with E-state index in [1.165, 1.54) is 23.4 Å². The third-order valence-electron chi connectivity index (χ3n) is 4.10. The molecule has 9 heteroatoms. The van der Waals surface area contributed by atoms with E-state index in [4.69, 9.17) is 4.42 Å². The topological polar surface area (TPSA) is 115 Å². The van der Waals surface area contributed by atoms with Gasteiger partial charge in [-0.05, 0) is 29.0 Å². The number of tetrazole rings is 1. The number of furan rings is 1. The molecule has 2 aromatic heterocycles. The van der Waals surface area contributed by atoms with E-state index >= 15 is 0 Å². The van der Waals surface area contributed by atoms with Gasteiger partial charge in [-0.2, -0.15) is 4.80 Å². The molecule has 29 heavy (non-hydrogen) atoms. The summed E-state index contributed by atoms with van der Waals surface area (Å²) >= 11 is 0. The first-order chi connectivity index (χ1) is 14.2. The van der Waals surface area contributed by atoms with Crippen LogP contribution >= 0.6 is 0 Å². The molecule has 0 fully saturated rings. The molecule has 0 radical (unpaired) electrons. The molecule has 4 aromatic rings. The number of nitrogens with one attached hydrogen (secondary N) is 2. The van der Waals surface area contributed by atoms with Gasteiger partial charge in [0.2, 0.25) is 5.82 Å². The van der Waals surface area contributed by atoms with E-state index in [0.717, 1.165) is 11.1 Å². The van der Waals surface area contributed by atoms with Gasteiger partial charge in [0, 0.05) is 11.1 Å². The molecule has 0 aliphatic carbocycles. The summed E-state index contributed by atoms with van der Waals surface area (Å²) in [6.07, 6.45) is 2.67. The molecule has 0 aliphatic rings. The second-order valence-corrected chi connectivity index (χ2v) is 6.13. The molecule has 2 amide bonds. The van der Waals surface area contributed by atoms with Gasteiger partial charge in [-0.1, -0.05) is 42.5 Å². The number of rotatable bonds is 5. The number of hydrogen-bond donors (Lipinski definition) is 2. The van der Waals surface area contributed by atoms with Crippen LogP contribution in [-0.4, -0.2) is 32.0 Å². The molecular weight excluding hydrogens is 372 g/mol. The number of hydrazine groups is 1. The zero-order chi connectivity index (χ0) is 20.1. The van der Waals surface area contributed by atoms with Crippen LogP contribution in [-0.2, 0) is 6.54 Å². The lowest BCUT2D eigenvalue weighted by Crippen LogP contribution is -2.41. The lowest BCUT2D eigenvalue weighted by atomic mass is 10.1. The Morgan fingerprint density at radius 2 is 1.62 bits per heavy atom. The highest BCUT2D eigenvalue weighted by Gasteiger charge is 2.10. The van der Waals surface area contributed by atoms with Crippen molar-refractivity contribution in [3.63, 3.8) is 0 Å². The zero-order valence-electron chi connectivity index (χ0n) is 15.1.